The number of hydrogen-bond donors (Lipinski definition) is 0. The van der Waals surface area contributed by atoms with Crippen LogP contribution in [0, 0.1) is 11.3 Å². The van der Waals surface area contributed by atoms with Gasteiger partial charge < -0.3 is 4.42 Å². The maximum Gasteiger partial charge on any atom is 0.238 e. The Kier molecular flexibility index (Phi) is 5.72. The molecule has 146 valence electrons. The molecule has 0 saturated heterocycles. The highest BCUT2D eigenvalue weighted by molar-refractivity contribution is 6.42. The average molecular weight is 431 g/mol. The van der Waals surface area contributed by atoms with Crippen LogP contribution in [0.3, 0.4) is 0 Å². The van der Waals surface area contributed by atoms with Gasteiger partial charge in [0.05, 0.1) is 10.0 Å². The maximum atomic E-state index is 9.97. The zero-order valence-electron chi connectivity index (χ0n) is 16.1. The van der Waals surface area contributed by atoms with Crippen molar-refractivity contribution < 1.29 is 4.42 Å². The zero-order valence-corrected chi connectivity index (χ0v) is 17.6. The standard InChI is InChI=1S/C25H16Cl2N2O/c1-16(19-12-13-21(26)22(27)14-19)29-25-20(15-28)23(17-8-4-2-5-9-17)24(30-25)18-10-6-3-7-11-18/h2-14H,1H3. The fourth-order valence-electron chi connectivity index (χ4n) is 3.21. The number of nitrogens with zero attached hydrogens (tertiary/aromatic N) is 2. The number of halogens is 2. The SMILES string of the molecule is CC(=Nc1oc(-c2ccccc2)c(-c2ccccc2)c1C#N)c1ccc(Cl)c(Cl)c1. The predicted octanol–water partition coefficient (Wildman–Crippen LogP) is 7.93. The molecule has 1 heterocycles. The molecule has 0 N–H and O–H groups in total. The molecule has 0 amide bonds. The molecule has 4 rings (SSSR count). The van der Waals surface area contributed by atoms with Crippen LogP contribution in [-0.2, 0) is 0 Å². The van der Waals surface area contributed by atoms with E-state index in [1.54, 1.807) is 12.1 Å². The molecule has 5 heteroatoms. The summed E-state index contributed by atoms with van der Waals surface area (Å²) in [4.78, 5) is 4.63. The lowest BCUT2D eigenvalue weighted by atomic mass is 9.98. The predicted molar refractivity (Wildman–Crippen MR) is 123 cm³/mol. The van der Waals surface area contributed by atoms with Gasteiger partial charge in [-0.1, -0.05) is 89.9 Å². The van der Waals surface area contributed by atoms with Gasteiger partial charge >= 0.3 is 0 Å². The molecule has 0 fully saturated rings. The van der Waals surface area contributed by atoms with E-state index in [2.05, 4.69) is 11.1 Å². The first-order valence-electron chi connectivity index (χ1n) is 9.27. The second-order valence-electron chi connectivity index (χ2n) is 6.66. The molecule has 3 aromatic carbocycles. The summed E-state index contributed by atoms with van der Waals surface area (Å²) in [7, 11) is 0. The Labute approximate surface area is 184 Å². The molecule has 3 nitrogen and oxygen atoms in total. The van der Waals surface area contributed by atoms with E-state index in [9.17, 15) is 5.26 Å². The van der Waals surface area contributed by atoms with E-state index in [0.717, 1.165) is 22.3 Å². The summed E-state index contributed by atoms with van der Waals surface area (Å²) < 4.78 is 6.15. The van der Waals surface area contributed by atoms with E-state index in [-0.39, 0.29) is 5.88 Å². The molecule has 0 radical (unpaired) electrons. The molecule has 0 unspecified atom stereocenters. The van der Waals surface area contributed by atoms with Crippen LogP contribution in [0.2, 0.25) is 10.0 Å². The molecular formula is C25H16Cl2N2O. The van der Waals surface area contributed by atoms with Gasteiger partial charge in [-0.05, 0) is 30.2 Å². The average Bonchev–Trinajstić information content (AvgIpc) is 3.15. The van der Waals surface area contributed by atoms with Crippen molar-refractivity contribution in [2.24, 2.45) is 4.99 Å². The molecule has 1 aromatic heterocycles. The minimum atomic E-state index is 0.263. The summed E-state index contributed by atoms with van der Waals surface area (Å²) in [6.45, 7) is 1.84. The zero-order chi connectivity index (χ0) is 21.1. The third kappa shape index (κ3) is 3.89. The normalized spacial score (nSPS) is 11.3. The third-order valence-corrected chi connectivity index (χ3v) is 5.45. The van der Waals surface area contributed by atoms with E-state index < -0.39 is 0 Å². The molecule has 0 spiro atoms. The lowest BCUT2D eigenvalue weighted by Crippen LogP contribution is -1.94. The summed E-state index contributed by atoms with van der Waals surface area (Å²) in [6.07, 6.45) is 0. The third-order valence-electron chi connectivity index (χ3n) is 4.71. The van der Waals surface area contributed by atoms with Crippen molar-refractivity contribution in [1.82, 2.24) is 0 Å². The molecule has 0 aliphatic carbocycles. The number of hydrogen-bond acceptors (Lipinski definition) is 3. The monoisotopic (exact) mass is 430 g/mol. The van der Waals surface area contributed by atoms with Crippen LogP contribution in [0.1, 0.15) is 18.1 Å². The van der Waals surface area contributed by atoms with Crippen molar-refractivity contribution in [1.29, 1.82) is 5.26 Å². The minimum Gasteiger partial charge on any atom is -0.436 e. The molecule has 4 aromatic rings. The molecule has 0 aliphatic rings. The summed E-state index contributed by atoms with van der Waals surface area (Å²) in [5.74, 6) is 0.873. The lowest BCUT2D eigenvalue weighted by Gasteiger charge is -2.03. The number of furan rings is 1. The van der Waals surface area contributed by atoms with Crippen LogP contribution in [-0.4, -0.2) is 5.71 Å². The van der Waals surface area contributed by atoms with Crippen molar-refractivity contribution in [3.63, 3.8) is 0 Å². The molecule has 30 heavy (non-hydrogen) atoms. The van der Waals surface area contributed by atoms with Crippen LogP contribution in [0.4, 0.5) is 5.88 Å². The Morgan fingerprint density at radius 3 is 2.10 bits per heavy atom. The highest BCUT2D eigenvalue weighted by Gasteiger charge is 2.23. The van der Waals surface area contributed by atoms with Crippen molar-refractivity contribution >= 4 is 34.8 Å². The Morgan fingerprint density at radius 2 is 1.50 bits per heavy atom. The minimum absolute atomic E-state index is 0.263. The van der Waals surface area contributed by atoms with Gasteiger partial charge in [0.15, 0.2) is 0 Å². The highest BCUT2D eigenvalue weighted by atomic mass is 35.5. The number of aliphatic imine (C=N–C) groups is 1. The van der Waals surface area contributed by atoms with Crippen molar-refractivity contribution in [2.75, 3.05) is 0 Å². The van der Waals surface area contributed by atoms with Gasteiger partial charge in [0.2, 0.25) is 5.88 Å². The fourth-order valence-corrected chi connectivity index (χ4v) is 3.51. The first-order chi connectivity index (χ1) is 14.6. The Hall–Kier alpha value is -3.32. The topological polar surface area (TPSA) is 49.3 Å². The Balaban J connectivity index is 1.92. The molecule has 0 aliphatic heterocycles. The Morgan fingerprint density at radius 1 is 0.867 bits per heavy atom. The molecular weight excluding hydrogens is 415 g/mol. The van der Waals surface area contributed by atoms with Crippen LogP contribution >= 0.6 is 23.2 Å². The number of benzene rings is 3. The first-order valence-corrected chi connectivity index (χ1v) is 10.0. The van der Waals surface area contributed by atoms with Gasteiger partial charge in [0, 0.05) is 16.8 Å². The van der Waals surface area contributed by atoms with Crippen molar-refractivity contribution in [3.8, 4) is 28.5 Å². The smallest absolute Gasteiger partial charge is 0.238 e. The maximum absolute atomic E-state index is 9.97. The summed E-state index contributed by atoms with van der Waals surface area (Å²) in [5, 5.41) is 10.9. The van der Waals surface area contributed by atoms with Crippen LogP contribution < -0.4 is 0 Å². The summed E-state index contributed by atoms with van der Waals surface area (Å²) in [5.41, 5.74) is 4.35. The van der Waals surface area contributed by atoms with E-state index in [4.69, 9.17) is 27.6 Å². The number of rotatable bonds is 4. The Bertz CT molecular complexity index is 1270. The summed E-state index contributed by atoms with van der Waals surface area (Å²) >= 11 is 12.2. The van der Waals surface area contributed by atoms with Gasteiger partial charge in [-0.25, -0.2) is 4.99 Å². The van der Waals surface area contributed by atoms with Gasteiger partial charge in [0.1, 0.15) is 17.4 Å². The van der Waals surface area contributed by atoms with E-state index >= 15 is 0 Å². The second-order valence-corrected chi connectivity index (χ2v) is 7.47. The van der Waals surface area contributed by atoms with Gasteiger partial charge in [0.25, 0.3) is 0 Å². The van der Waals surface area contributed by atoms with Crippen LogP contribution in [0.15, 0.2) is 88.3 Å². The molecule has 0 bridgehead atoms. The van der Waals surface area contributed by atoms with E-state index in [1.165, 1.54) is 0 Å². The fraction of sp³-hybridized carbons (Fsp3) is 0.0400. The second kappa shape index (κ2) is 8.59. The van der Waals surface area contributed by atoms with Gasteiger partial charge in [-0.3, -0.25) is 0 Å². The van der Waals surface area contributed by atoms with E-state index in [0.29, 0.717) is 27.1 Å². The molecule has 0 atom stereocenters. The van der Waals surface area contributed by atoms with Crippen LogP contribution in [0.5, 0.6) is 0 Å². The highest BCUT2D eigenvalue weighted by Crippen LogP contribution is 2.42. The van der Waals surface area contributed by atoms with Gasteiger partial charge in [-0.2, -0.15) is 5.26 Å². The van der Waals surface area contributed by atoms with E-state index in [1.807, 2.05) is 73.7 Å². The summed E-state index contributed by atoms with van der Waals surface area (Å²) in [6, 6.07) is 27.0. The molecule has 0 saturated carbocycles. The van der Waals surface area contributed by atoms with Crippen LogP contribution in [0.25, 0.3) is 22.5 Å². The van der Waals surface area contributed by atoms with Crippen molar-refractivity contribution in [2.45, 2.75) is 6.92 Å². The van der Waals surface area contributed by atoms with Gasteiger partial charge in [-0.15, -0.1) is 0 Å². The first kappa shape index (κ1) is 20.0. The largest absolute Gasteiger partial charge is 0.436 e. The quantitative estimate of drug-likeness (QED) is 0.308. The lowest BCUT2D eigenvalue weighted by molar-refractivity contribution is 0.592. The van der Waals surface area contributed by atoms with Crippen molar-refractivity contribution in [3.05, 3.63) is 100 Å². The number of nitriles is 1.